The van der Waals surface area contributed by atoms with Gasteiger partial charge in [-0.2, -0.15) is 12.7 Å². The van der Waals surface area contributed by atoms with Crippen LogP contribution in [0.4, 0.5) is 0 Å². The second kappa shape index (κ2) is 4.22. The highest BCUT2D eigenvalue weighted by Crippen LogP contribution is 2.01. The van der Waals surface area contributed by atoms with E-state index < -0.39 is 10.2 Å². The summed E-state index contributed by atoms with van der Waals surface area (Å²) in [5.74, 6) is 0. The Morgan fingerprint density at radius 3 is 2.55 bits per heavy atom. The van der Waals surface area contributed by atoms with Crippen molar-refractivity contribution in [3.8, 4) is 0 Å². The fourth-order valence-electron chi connectivity index (χ4n) is 0.887. The first kappa shape index (κ1) is 11.1. The molecule has 1 saturated heterocycles. The fraction of sp³-hybridized carbons (Fsp3) is 1.00. The summed E-state index contributed by atoms with van der Waals surface area (Å²) in [5, 5.41) is 0. The van der Waals surface area contributed by atoms with E-state index in [-0.39, 0.29) is 12.4 Å². The molecule has 1 aliphatic rings. The van der Waals surface area contributed by atoms with E-state index in [9.17, 15) is 8.42 Å². The van der Waals surface area contributed by atoms with Crippen LogP contribution in [-0.4, -0.2) is 38.9 Å². The summed E-state index contributed by atoms with van der Waals surface area (Å²) in [6.07, 6.45) is 0. The Balaban J connectivity index is 0.000001000. The lowest BCUT2D eigenvalue weighted by atomic mass is 10.6. The number of hydrogen-bond donors (Lipinski definition) is 2. The fourth-order valence-corrected chi connectivity index (χ4v) is 2.10. The first-order chi connectivity index (χ1) is 4.67. The molecule has 68 valence electrons. The van der Waals surface area contributed by atoms with Gasteiger partial charge in [0.25, 0.3) is 10.2 Å². The molecule has 0 aromatic heterocycles. The lowest BCUT2D eigenvalue weighted by Crippen LogP contribution is -2.33. The van der Waals surface area contributed by atoms with Crippen molar-refractivity contribution in [3.05, 3.63) is 0 Å². The van der Waals surface area contributed by atoms with Crippen molar-refractivity contribution in [1.29, 1.82) is 0 Å². The Kier molecular flexibility index (Phi) is 4.27. The van der Waals surface area contributed by atoms with Crippen LogP contribution < -0.4 is 10.5 Å². The van der Waals surface area contributed by atoms with Crippen LogP contribution in [0.5, 0.6) is 0 Å². The van der Waals surface area contributed by atoms with Gasteiger partial charge in [0, 0.05) is 26.2 Å². The van der Waals surface area contributed by atoms with Crippen molar-refractivity contribution in [3.63, 3.8) is 0 Å². The third-order valence-electron chi connectivity index (χ3n) is 1.36. The maximum atomic E-state index is 10.9. The van der Waals surface area contributed by atoms with Crippen molar-refractivity contribution < 1.29 is 8.42 Å². The van der Waals surface area contributed by atoms with Gasteiger partial charge in [-0.1, -0.05) is 0 Å². The third kappa shape index (κ3) is 2.57. The van der Waals surface area contributed by atoms with Gasteiger partial charge in [-0.05, 0) is 0 Å². The zero-order valence-corrected chi connectivity index (χ0v) is 7.62. The summed E-state index contributed by atoms with van der Waals surface area (Å²) in [4.78, 5) is 0. The monoisotopic (exact) mass is 201 g/mol. The normalized spacial score (nSPS) is 23.0. The Morgan fingerprint density at radius 2 is 2.18 bits per heavy atom. The molecule has 3 N–H and O–H groups in total. The predicted molar refractivity (Wildman–Crippen MR) is 44.8 cm³/mol. The molecule has 0 aliphatic carbocycles. The van der Waals surface area contributed by atoms with Crippen molar-refractivity contribution in [2.24, 2.45) is 5.73 Å². The van der Waals surface area contributed by atoms with Crippen molar-refractivity contribution in [1.82, 2.24) is 9.03 Å². The van der Waals surface area contributed by atoms with E-state index in [1.165, 1.54) is 4.31 Å². The minimum atomic E-state index is -3.15. The molecule has 1 fully saturated rings. The summed E-state index contributed by atoms with van der Waals surface area (Å²) in [7, 11) is -3.15. The first-order valence-electron chi connectivity index (χ1n) is 3.11. The van der Waals surface area contributed by atoms with Crippen molar-refractivity contribution in [2.75, 3.05) is 26.2 Å². The molecule has 7 heteroatoms. The van der Waals surface area contributed by atoms with Crippen LogP contribution in [-0.2, 0) is 10.2 Å². The predicted octanol–water partition coefficient (Wildman–Crippen LogP) is -1.48. The molecule has 5 nitrogen and oxygen atoms in total. The summed E-state index contributed by atoms with van der Waals surface area (Å²) in [5.41, 5.74) is 5.20. The standard InChI is InChI=1S/C4H11N3O2S.ClH/c5-1-3-7-4-2-6-10(7,8)9;/h6H,1-5H2;1H. The molecule has 0 spiro atoms. The Labute approximate surface area is 72.5 Å². The van der Waals surface area contributed by atoms with Crippen LogP contribution in [0.2, 0.25) is 0 Å². The van der Waals surface area contributed by atoms with Gasteiger partial charge in [-0.3, -0.25) is 0 Å². The van der Waals surface area contributed by atoms with E-state index in [1.54, 1.807) is 0 Å². The van der Waals surface area contributed by atoms with Gasteiger partial charge in [-0.15, -0.1) is 12.4 Å². The maximum Gasteiger partial charge on any atom is 0.279 e. The number of nitrogens with zero attached hydrogens (tertiary/aromatic N) is 1. The summed E-state index contributed by atoms with van der Waals surface area (Å²) in [6.45, 7) is 1.83. The third-order valence-corrected chi connectivity index (χ3v) is 2.98. The number of rotatable bonds is 2. The van der Waals surface area contributed by atoms with Crippen LogP contribution in [0.25, 0.3) is 0 Å². The minimum absolute atomic E-state index is 0. The van der Waals surface area contributed by atoms with E-state index in [0.29, 0.717) is 26.2 Å². The highest BCUT2D eigenvalue weighted by atomic mass is 35.5. The molecule has 0 saturated carbocycles. The van der Waals surface area contributed by atoms with Gasteiger partial charge in [0.1, 0.15) is 0 Å². The van der Waals surface area contributed by atoms with Gasteiger partial charge in [-0.25, -0.2) is 4.72 Å². The largest absolute Gasteiger partial charge is 0.329 e. The zero-order valence-electron chi connectivity index (χ0n) is 5.99. The average Bonchev–Trinajstić information content (AvgIpc) is 2.13. The van der Waals surface area contributed by atoms with Crippen LogP contribution >= 0.6 is 12.4 Å². The van der Waals surface area contributed by atoms with E-state index in [2.05, 4.69) is 4.72 Å². The van der Waals surface area contributed by atoms with Crippen LogP contribution in [0, 0.1) is 0 Å². The van der Waals surface area contributed by atoms with Gasteiger partial charge < -0.3 is 5.73 Å². The number of nitrogens with one attached hydrogen (secondary N) is 1. The topological polar surface area (TPSA) is 75.4 Å². The quantitative estimate of drug-likeness (QED) is 0.572. The molecule has 0 unspecified atom stereocenters. The van der Waals surface area contributed by atoms with Crippen LogP contribution in [0.15, 0.2) is 0 Å². The number of halogens is 1. The Bertz CT molecular complexity index is 205. The molecule has 0 radical (unpaired) electrons. The molecular weight excluding hydrogens is 190 g/mol. The second-order valence-corrected chi connectivity index (χ2v) is 3.84. The van der Waals surface area contributed by atoms with Crippen LogP contribution in [0.3, 0.4) is 0 Å². The summed E-state index contributed by atoms with van der Waals surface area (Å²) in [6, 6.07) is 0. The molecule has 0 atom stereocenters. The Hall–Kier alpha value is 0.120. The van der Waals surface area contributed by atoms with Gasteiger partial charge in [0.15, 0.2) is 0 Å². The number of hydrogen-bond acceptors (Lipinski definition) is 3. The van der Waals surface area contributed by atoms with Gasteiger partial charge in [0.2, 0.25) is 0 Å². The van der Waals surface area contributed by atoms with Crippen molar-refractivity contribution in [2.45, 2.75) is 0 Å². The highest BCUT2D eigenvalue weighted by molar-refractivity contribution is 7.87. The highest BCUT2D eigenvalue weighted by Gasteiger charge is 2.26. The second-order valence-electron chi connectivity index (χ2n) is 2.09. The smallest absolute Gasteiger partial charge is 0.279 e. The SMILES string of the molecule is Cl.NCCN1CCNS1(=O)=O. The zero-order chi connectivity index (χ0) is 7.61. The number of nitrogens with two attached hydrogens (primary N) is 1. The van der Waals surface area contributed by atoms with Crippen molar-refractivity contribution >= 4 is 22.6 Å². The maximum absolute atomic E-state index is 10.9. The molecule has 0 aromatic carbocycles. The molecule has 1 aliphatic heterocycles. The average molecular weight is 202 g/mol. The summed E-state index contributed by atoms with van der Waals surface area (Å²) < 4.78 is 25.5. The van der Waals surface area contributed by atoms with E-state index >= 15 is 0 Å². The lowest BCUT2D eigenvalue weighted by molar-refractivity contribution is 0.458. The van der Waals surface area contributed by atoms with Gasteiger partial charge >= 0.3 is 0 Å². The van der Waals surface area contributed by atoms with E-state index in [1.807, 2.05) is 0 Å². The molecule has 1 rings (SSSR count). The van der Waals surface area contributed by atoms with Crippen LogP contribution in [0.1, 0.15) is 0 Å². The molecular formula is C4H12ClN3O2S. The lowest BCUT2D eigenvalue weighted by Gasteiger charge is -2.10. The van der Waals surface area contributed by atoms with E-state index in [4.69, 9.17) is 5.73 Å². The molecule has 0 bridgehead atoms. The molecule has 1 heterocycles. The molecule has 0 aromatic rings. The Morgan fingerprint density at radius 1 is 1.55 bits per heavy atom. The van der Waals surface area contributed by atoms with E-state index in [0.717, 1.165) is 0 Å². The molecule has 11 heavy (non-hydrogen) atoms. The first-order valence-corrected chi connectivity index (χ1v) is 4.55. The van der Waals surface area contributed by atoms with Gasteiger partial charge in [0.05, 0.1) is 0 Å². The minimum Gasteiger partial charge on any atom is -0.329 e. The molecule has 0 amide bonds. The summed E-state index contributed by atoms with van der Waals surface area (Å²) >= 11 is 0.